The van der Waals surface area contributed by atoms with Crippen molar-refractivity contribution >= 4 is 22.8 Å². The Labute approximate surface area is 150 Å². The Bertz CT molecular complexity index is 1070. The molecule has 2 aliphatic rings. The summed E-state index contributed by atoms with van der Waals surface area (Å²) in [6, 6.07) is 7.89. The summed E-state index contributed by atoms with van der Waals surface area (Å²) >= 11 is 0. The van der Waals surface area contributed by atoms with E-state index in [1.807, 2.05) is 24.3 Å². The molecule has 130 valence electrons. The van der Waals surface area contributed by atoms with Crippen LogP contribution in [0.15, 0.2) is 42.1 Å². The Hall–Kier alpha value is -3.15. The topological polar surface area (TPSA) is 82.7 Å². The summed E-state index contributed by atoms with van der Waals surface area (Å²) < 4.78 is 0. The lowest BCUT2D eigenvalue weighted by atomic mass is 9.93. The molecule has 3 N–H and O–H groups in total. The van der Waals surface area contributed by atoms with Crippen molar-refractivity contribution in [3.8, 4) is 11.3 Å². The molecule has 1 amide bonds. The van der Waals surface area contributed by atoms with Crippen LogP contribution in [-0.2, 0) is 0 Å². The minimum atomic E-state index is -0.0137. The van der Waals surface area contributed by atoms with Crippen LogP contribution in [0.2, 0.25) is 0 Å². The van der Waals surface area contributed by atoms with Gasteiger partial charge in [0.05, 0.1) is 17.3 Å². The Morgan fingerprint density at radius 1 is 1.19 bits per heavy atom. The molecular formula is C20H19N5O. The number of benzene rings is 1. The Morgan fingerprint density at radius 2 is 2.12 bits per heavy atom. The lowest BCUT2D eigenvalue weighted by Gasteiger charge is -2.22. The number of rotatable bonds is 0. The van der Waals surface area contributed by atoms with E-state index in [1.54, 1.807) is 6.20 Å². The number of nitrogens with zero attached hydrogens (tertiary/aromatic N) is 2. The summed E-state index contributed by atoms with van der Waals surface area (Å²) in [6.45, 7) is 3.49. The average molecular weight is 345 g/mol. The Kier molecular flexibility index (Phi) is 3.31. The van der Waals surface area contributed by atoms with E-state index in [-0.39, 0.29) is 11.8 Å². The number of anilines is 1. The number of allylic oxidation sites excluding steroid dienone is 1. The lowest BCUT2D eigenvalue weighted by Crippen LogP contribution is -2.34. The number of aromatic amines is 1. The van der Waals surface area contributed by atoms with Gasteiger partial charge in [-0.2, -0.15) is 0 Å². The molecule has 0 fully saturated rings. The monoisotopic (exact) mass is 345 g/mol. The fourth-order valence-electron chi connectivity index (χ4n) is 3.72. The number of carbonyl (C=O) groups excluding carboxylic acids is 1. The number of amides is 1. The molecule has 5 rings (SSSR count). The number of carbonyl (C=O) groups is 1. The van der Waals surface area contributed by atoms with Crippen molar-refractivity contribution in [2.75, 3.05) is 18.4 Å². The van der Waals surface area contributed by atoms with Gasteiger partial charge < -0.3 is 15.6 Å². The molecule has 0 spiro atoms. The van der Waals surface area contributed by atoms with Gasteiger partial charge in [-0.1, -0.05) is 23.8 Å². The fourth-order valence-corrected chi connectivity index (χ4v) is 3.72. The number of H-pyrrole nitrogens is 1. The van der Waals surface area contributed by atoms with Gasteiger partial charge in [-0.3, -0.25) is 9.78 Å². The van der Waals surface area contributed by atoms with Gasteiger partial charge in [-0.25, -0.2) is 4.98 Å². The first kappa shape index (κ1) is 15.1. The Balaban J connectivity index is 1.78. The molecule has 4 bridgehead atoms. The van der Waals surface area contributed by atoms with Crippen molar-refractivity contribution < 1.29 is 4.79 Å². The molecule has 0 aliphatic carbocycles. The van der Waals surface area contributed by atoms with Gasteiger partial charge in [-0.15, -0.1) is 0 Å². The van der Waals surface area contributed by atoms with Crippen LogP contribution in [0.4, 0.5) is 5.82 Å². The van der Waals surface area contributed by atoms with Crippen molar-refractivity contribution in [1.29, 1.82) is 0 Å². The average Bonchev–Trinajstić information content (AvgIpc) is 3.11. The van der Waals surface area contributed by atoms with Crippen molar-refractivity contribution in [1.82, 2.24) is 20.3 Å². The highest BCUT2D eigenvalue weighted by Crippen LogP contribution is 2.34. The van der Waals surface area contributed by atoms with Crippen LogP contribution in [0.5, 0.6) is 0 Å². The van der Waals surface area contributed by atoms with E-state index in [0.717, 1.165) is 52.3 Å². The van der Waals surface area contributed by atoms with Crippen molar-refractivity contribution in [2.45, 2.75) is 19.3 Å². The maximum absolute atomic E-state index is 12.4. The molecule has 26 heavy (non-hydrogen) atoms. The summed E-state index contributed by atoms with van der Waals surface area (Å²) in [7, 11) is 0. The van der Waals surface area contributed by atoms with E-state index in [4.69, 9.17) is 4.98 Å². The fraction of sp³-hybridized carbons (Fsp3) is 0.250. The lowest BCUT2D eigenvalue weighted by molar-refractivity contribution is 0.0940. The second-order valence-corrected chi connectivity index (χ2v) is 6.99. The summed E-state index contributed by atoms with van der Waals surface area (Å²) in [5.74, 6) is 0.992. The van der Waals surface area contributed by atoms with Gasteiger partial charge in [0.15, 0.2) is 0 Å². The van der Waals surface area contributed by atoms with E-state index < -0.39 is 0 Å². The van der Waals surface area contributed by atoms with Crippen LogP contribution < -0.4 is 10.6 Å². The summed E-state index contributed by atoms with van der Waals surface area (Å²) in [4.78, 5) is 25.2. The third kappa shape index (κ3) is 2.37. The largest absolute Gasteiger partial charge is 0.365 e. The minimum absolute atomic E-state index is 0.0137. The maximum Gasteiger partial charge on any atom is 0.253 e. The van der Waals surface area contributed by atoms with Crippen LogP contribution >= 0.6 is 0 Å². The summed E-state index contributed by atoms with van der Waals surface area (Å²) in [5.41, 5.74) is 6.53. The van der Waals surface area contributed by atoms with E-state index in [2.05, 4.69) is 33.6 Å². The Morgan fingerprint density at radius 3 is 3.04 bits per heavy atom. The standard InChI is InChI=1S/C20H19N5O/c1-11-5-6-12-9-23-20(26)14-7-16(24-18(12)14)13-3-2-4-15-19(13)25-17(10-21-15)22-8-11/h2-5,7,10,12,24H,6,8-9H2,1H3,(H,22,25)(H,23,26)/b11-5+/t12-/m1/s1. The van der Waals surface area contributed by atoms with E-state index in [1.165, 1.54) is 5.57 Å². The number of hydrogen-bond acceptors (Lipinski definition) is 4. The normalized spacial score (nSPS) is 21.0. The van der Waals surface area contributed by atoms with Gasteiger partial charge in [0.2, 0.25) is 0 Å². The molecule has 0 saturated heterocycles. The van der Waals surface area contributed by atoms with Crippen LogP contribution in [0.1, 0.15) is 35.3 Å². The predicted octanol–water partition coefficient (Wildman–Crippen LogP) is 3.21. The van der Waals surface area contributed by atoms with Crippen LogP contribution in [-0.4, -0.2) is 33.9 Å². The van der Waals surface area contributed by atoms with Crippen molar-refractivity contribution in [3.05, 3.63) is 53.4 Å². The molecule has 3 aromatic rings. The number of nitrogens with one attached hydrogen (secondary N) is 3. The quantitative estimate of drug-likeness (QED) is 0.546. The van der Waals surface area contributed by atoms with E-state index in [0.29, 0.717) is 6.54 Å². The highest BCUT2D eigenvalue weighted by molar-refractivity contribution is 6.00. The molecule has 4 heterocycles. The highest BCUT2D eigenvalue weighted by atomic mass is 16.1. The smallest absolute Gasteiger partial charge is 0.253 e. The van der Waals surface area contributed by atoms with Gasteiger partial charge in [-0.05, 0) is 25.5 Å². The number of aromatic nitrogens is 3. The van der Waals surface area contributed by atoms with Gasteiger partial charge >= 0.3 is 0 Å². The first-order chi connectivity index (χ1) is 12.7. The van der Waals surface area contributed by atoms with Crippen LogP contribution in [0, 0.1) is 0 Å². The SMILES string of the molecule is C/C1=C\C[C@@H]2CNC(=O)c3cc([nH]c32)-c2cccc3ncc(nc23)NC1. The summed E-state index contributed by atoms with van der Waals surface area (Å²) in [6.07, 6.45) is 4.88. The number of hydrogen-bond donors (Lipinski definition) is 3. The molecule has 2 aromatic heterocycles. The second-order valence-electron chi connectivity index (χ2n) is 6.99. The highest BCUT2D eigenvalue weighted by Gasteiger charge is 2.28. The summed E-state index contributed by atoms with van der Waals surface area (Å²) in [5, 5.41) is 6.37. The van der Waals surface area contributed by atoms with Crippen molar-refractivity contribution in [2.24, 2.45) is 0 Å². The third-order valence-corrected chi connectivity index (χ3v) is 5.17. The third-order valence-electron chi connectivity index (χ3n) is 5.17. The molecule has 0 radical (unpaired) electrons. The van der Waals surface area contributed by atoms with Crippen LogP contribution in [0.3, 0.4) is 0 Å². The predicted molar refractivity (Wildman–Crippen MR) is 101 cm³/mol. The van der Waals surface area contributed by atoms with Gasteiger partial charge in [0.1, 0.15) is 11.3 Å². The van der Waals surface area contributed by atoms with E-state index in [9.17, 15) is 4.79 Å². The molecule has 0 unspecified atom stereocenters. The van der Waals surface area contributed by atoms with Gasteiger partial charge in [0.25, 0.3) is 5.91 Å². The molecule has 2 aliphatic heterocycles. The van der Waals surface area contributed by atoms with Crippen LogP contribution in [0.25, 0.3) is 22.3 Å². The first-order valence-electron chi connectivity index (χ1n) is 8.86. The molecule has 6 nitrogen and oxygen atoms in total. The minimum Gasteiger partial charge on any atom is -0.365 e. The zero-order valence-electron chi connectivity index (χ0n) is 14.5. The molecule has 6 heteroatoms. The van der Waals surface area contributed by atoms with Gasteiger partial charge in [0, 0.05) is 36.0 Å². The zero-order valence-corrected chi connectivity index (χ0v) is 14.5. The molecule has 1 atom stereocenters. The number of fused-ring (bicyclic) bond motifs is 3. The zero-order chi connectivity index (χ0) is 17.7. The maximum atomic E-state index is 12.4. The molecule has 1 aromatic carbocycles. The number of para-hydroxylation sites is 1. The first-order valence-corrected chi connectivity index (χ1v) is 8.86. The van der Waals surface area contributed by atoms with Crippen molar-refractivity contribution in [3.63, 3.8) is 0 Å². The van der Waals surface area contributed by atoms with E-state index >= 15 is 0 Å². The molecular weight excluding hydrogens is 326 g/mol. The second kappa shape index (κ2) is 5.69. The molecule has 0 saturated carbocycles.